The van der Waals surface area contributed by atoms with Gasteiger partial charge in [0.2, 0.25) is 0 Å². The maximum absolute atomic E-state index is 3.51. The lowest BCUT2D eigenvalue weighted by Crippen LogP contribution is -2.57. The molecule has 1 aliphatic heterocycles. The lowest BCUT2D eigenvalue weighted by atomic mass is 9.68. The van der Waals surface area contributed by atoms with Crippen LogP contribution in [0.25, 0.3) is 0 Å². The molecule has 1 heterocycles. The molecule has 1 aromatic carbocycles. The molecule has 0 amide bonds. The van der Waals surface area contributed by atoms with Gasteiger partial charge in [-0.05, 0) is 30.0 Å². The van der Waals surface area contributed by atoms with Crippen molar-refractivity contribution in [3.63, 3.8) is 0 Å². The predicted octanol–water partition coefficient (Wildman–Crippen LogP) is 4.12. The van der Waals surface area contributed by atoms with Crippen LogP contribution in [0.4, 0.5) is 0 Å². The van der Waals surface area contributed by atoms with Crippen LogP contribution < -0.4 is 5.32 Å². The summed E-state index contributed by atoms with van der Waals surface area (Å²) >= 11 is 3.51. The van der Waals surface area contributed by atoms with Crippen molar-refractivity contribution >= 4 is 15.9 Å². The Morgan fingerprint density at radius 2 is 1.76 bits per heavy atom. The van der Waals surface area contributed by atoms with Gasteiger partial charge in [-0.25, -0.2) is 0 Å². The van der Waals surface area contributed by atoms with Crippen molar-refractivity contribution in [3.8, 4) is 0 Å². The number of benzene rings is 1. The van der Waals surface area contributed by atoms with Crippen LogP contribution in [0, 0.1) is 5.92 Å². The Kier molecular flexibility index (Phi) is 4.26. The standard InChI is InChI=1S/C15H22BrN/c1-3-12(4-2)9-15(10-17-11-15)13-5-7-14(16)8-6-13/h5-8,12,17H,3-4,9-11H2,1-2H3. The molecule has 1 aliphatic rings. The zero-order valence-corrected chi connectivity index (χ0v) is 12.4. The molecule has 94 valence electrons. The molecule has 0 aromatic heterocycles. The van der Waals surface area contributed by atoms with E-state index in [1.807, 2.05) is 0 Å². The van der Waals surface area contributed by atoms with Gasteiger partial charge in [-0.15, -0.1) is 0 Å². The Hall–Kier alpha value is -0.340. The molecule has 1 nitrogen and oxygen atoms in total. The van der Waals surface area contributed by atoms with Gasteiger partial charge in [0.15, 0.2) is 0 Å². The van der Waals surface area contributed by atoms with E-state index in [2.05, 4.69) is 59.4 Å². The van der Waals surface area contributed by atoms with Crippen LogP contribution in [0.5, 0.6) is 0 Å². The summed E-state index contributed by atoms with van der Waals surface area (Å²) in [6, 6.07) is 8.91. The van der Waals surface area contributed by atoms with E-state index in [1.165, 1.54) is 29.3 Å². The Bertz CT molecular complexity index is 350. The van der Waals surface area contributed by atoms with Crippen molar-refractivity contribution in [2.24, 2.45) is 5.92 Å². The van der Waals surface area contributed by atoms with Crippen molar-refractivity contribution in [2.75, 3.05) is 13.1 Å². The highest BCUT2D eigenvalue weighted by molar-refractivity contribution is 9.10. The van der Waals surface area contributed by atoms with Crippen LogP contribution in [0.3, 0.4) is 0 Å². The first-order chi connectivity index (χ1) is 8.20. The summed E-state index contributed by atoms with van der Waals surface area (Å²) in [5.74, 6) is 0.862. The second-order valence-corrected chi connectivity index (χ2v) is 6.19. The summed E-state index contributed by atoms with van der Waals surface area (Å²) in [6.07, 6.45) is 3.93. The topological polar surface area (TPSA) is 12.0 Å². The van der Waals surface area contributed by atoms with Crippen molar-refractivity contribution in [3.05, 3.63) is 34.3 Å². The van der Waals surface area contributed by atoms with Gasteiger partial charge in [0.1, 0.15) is 0 Å². The summed E-state index contributed by atoms with van der Waals surface area (Å²) in [5.41, 5.74) is 1.91. The van der Waals surface area contributed by atoms with E-state index in [4.69, 9.17) is 0 Å². The van der Waals surface area contributed by atoms with Gasteiger partial charge in [0.25, 0.3) is 0 Å². The Balaban J connectivity index is 2.16. The molecule has 1 N–H and O–H groups in total. The normalized spacial score (nSPS) is 18.1. The average molecular weight is 296 g/mol. The largest absolute Gasteiger partial charge is 0.315 e. The lowest BCUT2D eigenvalue weighted by Gasteiger charge is -2.45. The third-order valence-corrected chi connectivity index (χ3v) is 4.75. The van der Waals surface area contributed by atoms with E-state index in [1.54, 1.807) is 0 Å². The first-order valence-electron chi connectivity index (χ1n) is 6.67. The van der Waals surface area contributed by atoms with E-state index in [0.717, 1.165) is 19.0 Å². The molecule has 0 radical (unpaired) electrons. The summed E-state index contributed by atoms with van der Waals surface area (Å²) in [4.78, 5) is 0. The van der Waals surface area contributed by atoms with E-state index in [9.17, 15) is 0 Å². The number of rotatable bonds is 5. The van der Waals surface area contributed by atoms with Crippen LogP contribution in [0.15, 0.2) is 28.7 Å². The van der Waals surface area contributed by atoms with Gasteiger partial charge in [-0.3, -0.25) is 0 Å². The van der Waals surface area contributed by atoms with Gasteiger partial charge in [0.05, 0.1) is 0 Å². The predicted molar refractivity (Wildman–Crippen MR) is 77.4 cm³/mol. The molecule has 0 saturated carbocycles. The molecule has 2 heteroatoms. The molecular formula is C15H22BrN. The molecule has 0 aliphatic carbocycles. The molecule has 2 rings (SSSR count). The molecule has 1 fully saturated rings. The summed E-state index contributed by atoms with van der Waals surface area (Å²) in [5, 5.41) is 3.46. The second kappa shape index (κ2) is 5.53. The second-order valence-electron chi connectivity index (χ2n) is 5.28. The fourth-order valence-electron chi connectivity index (χ4n) is 2.83. The smallest absolute Gasteiger partial charge is 0.0205 e. The zero-order valence-electron chi connectivity index (χ0n) is 10.8. The van der Waals surface area contributed by atoms with Crippen LogP contribution in [0.2, 0.25) is 0 Å². The van der Waals surface area contributed by atoms with Gasteiger partial charge < -0.3 is 5.32 Å². The molecule has 0 unspecified atom stereocenters. The highest BCUT2D eigenvalue weighted by atomic mass is 79.9. The first-order valence-corrected chi connectivity index (χ1v) is 7.46. The molecule has 1 saturated heterocycles. The van der Waals surface area contributed by atoms with E-state index >= 15 is 0 Å². The number of halogens is 1. The highest BCUT2D eigenvalue weighted by Crippen LogP contribution is 2.37. The van der Waals surface area contributed by atoms with Crippen molar-refractivity contribution in [2.45, 2.75) is 38.5 Å². The van der Waals surface area contributed by atoms with Crippen LogP contribution in [0.1, 0.15) is 38.7 Å². The molecular weight excluding hydrogens is 274 g/mol. The van der Waals surface area contributed by atoms with Crippen molar-refractivity contribution in [1.82, 2.24) is 5.32 Å². The fraction of sp³-hybridized carbons (Fsp3) is 0.600. The third kappa shape index (κ3) is 2.74. The summed E-state index contributed by atoms with van der Waals surface area (Å²) < 4.78 is 1.17. The molecule has 17 heavy (non-hydrogen) atoms. The van der Waals surface area contributed by atoms with Crippen LogP contribution in [-0.2, 0) is 5.41 Å². The van der Waals surface area contributed by atoms with Gasteiger partial charge in [-0.2, -0.15) is 0 Å². The minimum atomic E-state index is 0.400. The third-order valence-electron chi connectivity index (χ3n) is 4.22. The van der Waals surface area contributed by atoms with Crippen LogP contribution >= 0.6 is 15.9 Å². The fourth-order valence-corrected chi connectivity index (χ4v) is 3.09. The highest BCUT2D eigenvalue weighted by Gasteiger charge is 2.39. The zero-order chi connectivity index (χ0) is 12.3. The van der Waals surface area contributed by atoms with E-state index in [0.29, 0.717) is 5.41 Å². The number of hydrogen-bond acceptors (Lipinski definition) is 1. The van der Waals surface area contributed by atoms with E-state index < -0.39 is 0 Å². The first kappa shape index (κ1) is 13.1. The van der Waals surface area contributed by atoms with Gasteiger partial charge in [0, 0.05) is 23.0 Å². The molecule has 1 aromatic rings. The minimum Gasteiger partial charge on any atom is -0.315 e. The Morgan fingerprint density at radius 3 is 2.18 bits per heavy atom. The number of hydrogen-bond donors (Lipinski definition) is 1. The Morgan fingerprint density at radius 1 is 1.18 bits per heavy atom. The average Bonchev–Trinajstić information content (AvgIpc) is 2.30. The van der Waals surface area contributed by atoms with Gasteiger partial charge in [-0.1, -0.05) is 54.8 Å². The van der Waals surface area contributed by atoms with Gasteiger partial charge >= 0.3 is 0 Å². The molecule has 0 bridgehead atoms. The lowest BCUT2D eigenvalue weighted by molar-refractivity contribution is 0.211. The SMILES string of the molecule is CCC(CC)CC1(c2ccc(Br)cc2)CNC1. The van der Waals surface area contributed by atoms with Crippen molar-refractivity contribution < 1.29 is 0 Å². The van der Waals surface area contributed by atoms with Crippen LogP contribution in [-0.4, -0.2) is 13.1 Å². The van der Waals surface area contributed by atoms with E-state index in [-0.39, 0.29) is 0 Å². The molecule has 0 spiro atoms. The monoisotopic (exact) mass is 295 g/mol. The maximum Gasteiger partial charge on any atom is 0.0205 e. The quantitative estimate of drug-likeness (QED) is 0.862. The number of nitrogens with one attached hydrogen (secondary N) is 1. The molecule has 0 atom stereocenters. The Labute approximate surface area is 113 Å². The van der Waals surface area contributed by atoms with Crippen molar-refractivity contribution in [1.29, 1.82) is 0 Å². The minimum absolute atomic E-state index is 0.400. The summed E-state index contributed by atoms with van der Waals surface area (Å²) in [7, 11) is 0. The maximum atomic E-state index is 3.51. The summed E-state index contributed by atoms with van der Waals surface area (Å²) in [6.45, 7) is 6.92.